The minimum absolute atomic E-state index is 0.106. The van der Waals surface area contributed by atoms with Crippen molar-refractivity contribution in [2.45, 2.75) is 6.42 Å². The van der Waals surface area contributed by atoms with Gasteiger partial charge in [0.1, 0.15) is 18.0 Å². The topological polar surface area (TPSA) is 67.4 Å². The Hall–Kier alpha value is -2.60. The molecular formula is C16H14ClFN2O3. The molecule has 0 spiro atoms. The van der Waals surface area contributed by atoms with Crippen LogP contribution in [0, 0.1) is 5.82 Å². The Kier molecular flexibility index (Phi) is 5.54. The van der Waals surface area contributed by atoms with Crippen LogP contribution in [-0.4, -0.2) is 18.9 Å². The number of halogens is 2. The molecule has 0 aliphatic rings. The average molecular weight is 337 g/mol. The summed E-state index contributed by atoms with van der Waals surface area (Å²) in [5.74, 6) is -0.921. The molecule has 0 radical (unpaired) electrons. The third kappa shape index (κ3) is 4.96. The van der Waals surface area contributed by atoms with Crippen LogP contribution in [0.2, 0.25) is 5.02 Å². The second-order valence-corrected chi connectivity index (χ2v) is 5.04. The van der Waals surface area contributed by atoms with Gasteiger partial charge in [-0.2, -0.15) is 0 Å². The Labute approximate surface area is 137 Å². The van der Waals surface area contributed by atoms with Crippen LogP contribution in [0.3, 0.4) is 0 Å². The molecular weight excluding hydrogens is 323 g/mol. The maximum Gasteiger partial charge on any atom is 0.233 e. The Morgan fingerprint density at radius 1 is 1.04 bits per heavy atom. The molecule has 23 heavy (non-hydrogen) atoms. The van der Waals surface area contributed by atoms with Gasteiger partial charge in [0.05, 0.1) is 12.1 Å². The van der Waals surface area contributed by atoms with Crippen molar-refractivity contribution >= 4 is 34.8 Å². The lowest BCUT2D eigenvalue weighted by molar-refractivity contribution is -0.123. The Morgan fingerprint density at radius 2 is 1.61 bits per heavy atom. The van der Waals surface area contributed by atoms with Crippen LogP contribution >= 0.6 is 11.6 Å². The van der Waals surface area contributed by atoms with Crippen molar-refractivity contribution in [3.63, 3.8) is 0 Å². The highest BCUT2D eigenvalue weighted by Gasteiger charge is 2.11. The number of nitrogens with one attached hydrogen (secondary N) is 2. The lowest BCUT2D eigenvalue weighted by Crippen LogP contribution is -2.21. The largest absolute Gasteiger partial charge is 0.497 e. The van der Waals surface area contributed by atoms with E-state index < -0.39 is 17.6 Å². The molecule has 0 atom stereocenters. The van der Waals surface area contributed by atoms with E-state index >= 15 is 0 Å². The normalized spacial score (nSPS) is 10.0. The molecule has 120 valence electrons. The van der Waals surface area contributed by atoms with Crippen LogP contribution in [0.5, 0.6) is 5.75 Å². The van der Waals surface area contributed by atoms with Gasteiger partial charge >= 0.3 is 0 Å². The number of ether oxygens (including phenoxy) is 1. The molecule has 0 aliphatic carbocycles. The Bertz CT molecular complexity index is 720. The van der Waals surface area contributed by atoms with Gasteiger partial charge in [-0.1, -0.05) is 11.6 Å². The Morgan fingerprint density at radius 3 is 2.17 bits per heavy atom. The number of carbonyl (C=O) groups excluding carboxylic acids is 2. The maximum absolute atomic E-state index is 13.0. The number of hydrogen-bond acceptors (Lipinski definition) is 3. The van der Waals surface area contributed by atoms with Gasteiger partial charge < -0.3 is 15.4 Å². The molecule has 0 unspecified atom stereocenters. The molecule has 2 aromatic rings. The molecule has 0 fully saturated rings. The summed E-state index contributed by atoms with van der Waals surface area (Å²) >= 11 is 5.62. The van der Waals surface area contributed by atoms with E-state index in [1.165, 1.54) is 12.1 Å². The van der Waals surface area contributed by atoms with Crippen LogP contribution in [0.25, 0.3) is 0 Å². The monoisotopic (exact) mass is 336 g/mol. The first kappa shape index (κ1) is 16.8. The van der Waals surface area contributed by atoms with Crippen LogP contribution in [0.1, 0.15) is 6.42 Å². The molecule has 5 nitrogen and oxygen atoms in total. The number of methoxy groups -OCH3 is 1. The van der Waals surface area contributed by atoms with E-state index in [1.54, 1.807) is 31.4 Å². The van der Waals surface area contributed by atoms with Crippen molar-refractivity contribution in [1.29, 1.82) is 0 Å². The minimum Gasteiger partial charge on any atom is -0.497 e. The second kappa shape index (κ2) is 7.60. The van der Waals surface area contributed by atoms with E-state index in [-0.39, 0.29) is 11.4 Å². The fourth-order valence-corrected chi connectivity index (χ4v) is 1.98. The predicted octanol–water partition coefficient (Wildman–Crippen LogP) is 3.46. The van der Waals surface area contributed by atoms with Gasteiger partial charge in [0.25, 0.3) is 0 Å². The van der Waals surface area contributed by atoms with E-state index in [2.05, 4.69) is 10.6 Å². The number of rotatable bonds is 5. The fourth-order valence-electron chi connectivity index (χ4n) is 1.80. The van der Waals surface area contributed by atoms with Gasteiger partial charge in [-0.05, 0) is 42.5 Å². The maximum atomic E-state index is 13.0. The van der Waals surface area contributed by atoms with Crippen molar-refractivity contribution in [2.75, 3.05) is 17.7 Å². The van der Waals surface area contributed by atoms with Gasteiger partial charge in [-0.15, -0.1) is 0 Å². The first-order valence-electron chi connectivity index (χ1n) is 6.67. The summed E-state index contributed by atoms with van der Waals surface area (Å²) in [6.45, 7) is 0. The average Bonchev–Trinajstić information content (AvgIpc) is 2.51. The molecule has 0 bridgehead atoms. The molecule has 7 heteroatoms. The number of amides is 2. The van der Waals surface area contributed by atoms with Crippen LogP contribution < -0.4 is 15.4 Å². The predicted molar refractivity (Wildman–Crippen MR) is 86.3 cm³/mol. The highest BCUT2D eigenvalue weighted by atomic mass is 35.5. The zero-order valence-electron chi connectivity index (χ0n) is 12.2. The molecule has 0 aliphatic heterocycles. The van der Waals surface area contributed by atoms with Crippen molar-refractivity contribution in [1.82, 2.24) is 0 Å². The zero-order chi connectivity index (χ0) is 16.8. The highest BCUT2D eigenvalue weighted by Crippen LogP contribution is 2.19. The number of anilines is 2. The van der Waals surface area contributed by atoms with Crippen LogP contribution in [-0.2, 0) is 9.59 Å². The molecule has 2 rings (SSSR count). The summed E-state index contributed by atoms with van der Waals surface area (Å²) in [6.07, 6.45) is -0.374. The van der Waals surface area contributed by atoms with Crippen molar-refractivity contribution in [2.24, 2.45) is 0 Å². The molecule has 2 amide bonds. The zero-order valence-corrected chi connectivity index (χ0v) is 13.0. The third-order valence-corrected chi connectivity index (χ3v) is 3.19. The van der Waals surface area contributed by atoms with Crippen molar-refractivity contribution < 1.29 is 18.7 Å². The summed E-state index contributed by atoms with van der Waals surface area (Å²) in [7, 11) is 1.54. The fraction of sp³-hybridized carbons (Fsp3) is 0.125. The number of hydrogen-bond donors (Lipinski definition) is 2. The van der Waals surface area contributed by atoms with Crippen molar-refractivity contribution in [3.05, 3.63) is 53.3 Å². The van der Waals surface area contributed by atoms with E-state index in [4.69, 9.17) is 16.3 Å². The molecule has 2 N–H and O–H groups in total. The minimum atomic E-state index is -0.582. The van der Waals surface area contributed by atoms with E-state index in [0.29, 0.717) is 17.1 Å². The van der Waals surface area contributed by atoms with Crippen LogP contribution in [0.4, 0.5) is 15.8 Å². The van der Waals surface area contributed by atoms with Gasteiger partial charge in [0.2, 0.25) is 11.8 Å². The summed E-state index contributed by atoms with van der Waals surface area (Å²) in [6, 6.07) is 10.5. The molecule has 0 aromatic heterocycles. The molecule has 0 heterocycles. The second-order valence-electron chi connectivity index (χ2n) is 4.63. The summed E-state index contributed by atoms with van der Waals surface area (Å²) in [5.41, 5.74) is 0.868. The quantitative estimate of drug-likeness (QED) is 0.822. The summed E-state index contributed by atoms with van der Waals surface area (Å²) < 4.78 is 18.0. The smallest absolute Gasteiger partial charge is 0.233 e. The van der Waals surface area contributed by atoms with E-state index in [0.717, 1.165) is 6.07 Å². The third-order valence-electron chi connectivity index (χ3n) is 2.90. The summed E-state index contributed by atoms with van der Waals surface area (Å²) in [5, 5.41) is 4.96. The lowest BCUT2D eigenvalue weighted by atomic mass is 10.2. The first-order valence-corrected chi connectivity index (χ1v) is 7.04. The Balaban J connectivity index is 1.88. The van der Waals surface area contributed by atoms with Crippen molar-refractivity contribution in [3.8, 4) is 5.75 Å². The highest BCUT2D eigenvalue weighted by molar-refractivity contribution is 6.31. The van der Waals surface area contributed by atoms with Gasteiger partial charge in [0.15, 0.2) is 0 Å². The van der Waals surface area contributed by atoms with E-state index in [1.807, 2.05) is 0 Å². The molecule has 0 saturated carbocycles. The number of carbonyl (C=O) groups is 2. The standard InChI is InChI=1S/C16H14ClFN2O3/c1-23-12-5-2-10(3-6-12)19-15(21)9-16(22)20-11-4-7-14(18)13(17)8-11/h2-8H,9H2,1H3,(H,19,21)(H,20,22). The molecule has 2 aromatic carbocycles. The van der Waals surface area contributed by atoms with Gasteiger partial charge in [-0.25, -0.2) is 4.39 Å². The summed E-state index contributed by atoms with van der Waals surface area (Å²) in [4.78, 5) is 23.6. The van der Waals surface area contributed by atoms with E-state index in [9.17, 15) is 14.0 Å². The first-order chi connectivity index (χ1) is 11.0. The van der Waals surface area contributed by atoms with Crippen LogP contribution in [0.15, 0.2) is 42.5 Å². The lowest BCUT2D eigenvalue weighted by Gasteiger charge is -2.08. The van der Waals surface area contributed by atoms with Gasteiger partial charge in [0, 0.05) is 11.4 Å². The SMILES string of the molecule is COc1ccc(NC(=O)CC(=O)Nc2ccc(F)c(Cl)c2)cc1. The molecule has 0 saturated heterocycles. The van der Waals surface area contributed by atoms with Gasteiger partial charge in [-0.3, -0.25) is 9.59 Å². The number of benzene rings is 2.